The van der Waals surface area contributed by atoms with Crippen LogP contribution in [-0.2, 0) is 4.79 Å². The maximum absolute atomic E-state index is 13.9. The minimum absolute atomic E-state index is 0.127. The summed E-state index contributed by atoms with van der Waals surface area (Å²) < 4.78 is 65.8. The molecule has 10 heteroatoms. The van der Waals surface area contributed by atoms with Crippen LogP contribution in [0.15, 0.2) is 12.1 Å². The molecule has 0 aromatic heterocycles. The first-order chi connectivity index (χ1) is 10.6. The van der Waals surface area contributed by atoms with Gasteiger partial charge in [-0.15, -0.1) is 0 Å². The van der Waals surface area contributed by atoms with Gasteiger partial charge >= 0.3 is 12.2 Å². The number of nitrogens with zero attached hydrogens (tertiary/aromatic N) is 3. The fourth-order valence-corrected chi connectivity index (χ4v) is 2.16. The number of imide groups is 1. The predicted octanol–water partition coefficient (Wildman–Crippen LogP) is 2.56. The van der Waals surface area contributed by atoms with E-state index in [0.29, 0.717) is 12.1 Å². The van der Waals surface area contributed by atoms with Gasteiger partial charge in [0.1, 0.15) is 23.7 Å². The number of rotatable bonds is 1. The van der Waals surface area contributed by atoms with Crippen LogP contribution in [0.25, 0.3) is 0 Å². The minimum atomic E-state index is -4.83. The van der Waals surface area contributed by atoms with E-state index in [9.17, 15) is 31.5 Å². The van der Waals surface area contributed by atoms with Crippen molar-refractivity contribution in [1.29, 1.82) is 5.26 Å². The Bertz CT molecular complexity index is 726. The molecule has 1 atom stereocenters. The molecule has 1 unspecified atom stereocenters. The van der Waals surface area contributed by atoms with E-state index in [1.807, 2.05) is 0 Å². The number of nitriles is 1. The van der Waals surface area contributed by atoms with Gasteiger partial charge in [-0.1, -0.05) is 0 Å². The number of alkyl halides is 3. The lowest BCUT2D eigenvalue weighted by Crippen LogP contribution is -2.60. The summed E-state index contributed by atoms with van der Waals surface area (Å²) >= 11 is 0. The molecule has 1 aliphatic heterocycles. The molecule has 1 aromatic carbocycles. The van der Waals surface area contributed by atoms with Gasteiger partial charge in [-0.2, -0.15) is 18.4 Å². The van der Waals surface area contributed by atoms with E-state index in [1.54, 1.807) is 0 Å². The molecule has 0 radical (unpaired) electrons. The van der Waals surface area contributed by atoms with Gasteiger partial charge < -0.3 is 4.90 Å². The van der Waals surface area contributed by atoms with Crippen molar-refractivity contribution >= 4 is 17.6 Å². The van der Waals surface area contributed by atoms with Gasteiger partial charge in [-0.25, -0.2) is 18.5 Å². The Kier molecular flexibility index (Phi) is 3.98. The Morgan fingerprint density at radius 1 is 1.22 bits per heavy atom. The van der Waals surface area contributed by atoms with Crippen molar-refractivity contribution in [3.63, 3.8) is 0 Å². The summed E-state index contributed by atoms with van der Waals surface area (Å²) in [4.78, 5) is 24.2. The lowest BCUT2D eigenvalue weighted by atomic mass is 10.1. The zero-order chi connectivity index (χ0) is 17.5. The first-order valence-corrected chi connectivity index (χ1v) is 6.13. The summed E-state index contributed by atoms with van der Waals surface area (Å²) in [6, 6.07) is -1.54. The number of amides is 3. The topological polar surface area (TPSA) is 64.4 Å². The number of carbonyl (C=O) groups is 2. The Morgan fingerprint density at radius 3 is 2.35 bits per heavy atom. The molecule has 0 N–H and O–H groups in total. The molecule has 1 aromatic rings. The molecule has 3 amide bonds. The average molecular weight is 333 g/mol. The van der Waals surface area contributed by atoms with Crippen LogP contribution in [0.2, 0.25) is 0 Å². The maximum Gasteiger partial charge on any atom is 0.409 e. The van der Waals surface area contributed by atoms with Crippen LogP contribution in [0.4, 0.5) is 32.4 Å². The quantitative estimate of drug-likeness (QED) is 0.742. The van der Waals surface area contributed by atoms with E-state index in [2.05, 4.69) is 0 Å². The molecule has 1 fully saturated rings. The molecule has 2 rings (SSSR count). The van der Waals surface area contributed by atoms with Gasteiger partial charge in [0.15, 0.2) is 0 Å². The Hall–Kier alpha value is -2.70. The largest absolute Gasteiger partial charge is 0.409 e. The van der Waals surface area contributed by atoms with Crippen LogP contribution in [0.5, 0.6) is 0 Å². The smallest absolute Gasteiger partial charge is 0.314 e. The number of urea groups is 1. The monoisotopic (exact) mass is 333 g/mol. The van der Waals surface area contributed by atoms with Crippen molar-refractivity contribution in [3.05, 3.63) is 29.3 Å². The van der Waals surface area contributed by atoms with E-state index < -0.39 is 53.5 Å². The normalized spacial score (nSPS) is 19.1. The lowest BCUT2D eigenvalue weighted by Gasteiger charge is -2.38. The van der Waals surface area contributed by atoms with Gasteiger partial charge in [0.2, 0.25) is 5.91 Å². The second kappa shape index (κ2) is 5.49. The summed E-state index contributed by atoms with van der Waals surface area (Å²) in [5, 5.41) is 8.58. The van der Waals surface area contributed by atoms with Gasteiger partial charge in [-0.3, -0.25) is 4.79 Å². The number of halogens is 5. The van der Waals surface area contributed by atoms with Crippen molar-refractivity contribution in [2.24, 2.45) is 0 Å². The number of carbonyl (C=O) groups excluding carboxylic acids is 2. The first kappa shape index (κ1) is 16.7. The second-order valence-corrected chi connectivity index (χ2v) is 4.78. The fourth-order valence-electron chi connectivity index (χ4n) is 2.16. The van der Waals surface area contributed by atoms with Crippen molar-refractivity contribution in [1.82, 2.24) is 4.90 Å². The van der Waals surface area contributed by atoms with E-state index >= 15 is 0 Å². The van der Waals surface area contributed by atoms with E-state index in [0.717, 1.165) is 7.05 Å². The molecule has 1 aliphatic rings. The molecule has 5 nitrogen and oxygen atoms in total. The zero-order valence-electron chi connectivity index (χ0n) is 11.5. The Balaban J connectivity index is 2.47. The Labute approximate surface area is 126 Å². The highest BCUT2D eigenvalue weighted by atomic mass is 19.4. The standard InChI is InChI=1S/C13H8F5N3O2/c1-20-10(13(16,17)18)4-11(22)21(12(20)23)9-3-7(14)6(5-19)2-8(9)15/h2-3,10H,4H2,1H3. The lowest BCUT2D eigenvalue weighted by molar-refractivity contribution is -0.179. The molecule has 122 valence electrons. The van der Waals surface area contributed by atoms with Gasteiger partial charge in [0, 0.05) is 13.1 Å². The first-order valence-electron chi connectivity index (χ1n) is 6.13. The highest BCUT2D eigenvalue weighted by Crippen LogP contribution is 2.34. The van der Waals surface area contributed by atoms with E-state index in [1.165, 1.54) is 6.07 Å². The SMILES string of the molecule is CN1C(=O)N(c2cc(F)c(C#N)cc2F)C(=O)CC1C(F)(F)F. The van der Waals surface area contributed by atoms with Crippen LogP contribution in [-0.4, -0.2) is 36.1 Å². The second-order valence-electron chi connectivity index (χ2n) is 4.78. The Morgan fingerprint density at radius 2 is 1.83 bits per heavy atom. The van der Waals surface area contributed by atoms with Gasteiger partial charge in [0.25, 0.3) is 0 Å². The molecule has 0 spiro atoms. The molecule has 1 saturated heterocycles. The van der Waals surface area contributed by atoms with Crippen molar-refractivity contribution in [3.8, 4) is 6.07 Å². The van der Waals surface area contributed by atoms with Crippen LogP contribution >= 0.6 is 0 Å². The molecular weight excluding hydrogens is 325 g/mol. The summed E-state index contributed by atoms with van der Waals surface area (Å²) in [6.07, 6.45) is -5.95. The van der Waals surface area contributed by atoms with E-state index in [-0.39, 0.29) is 9.80 Å². The van der Waals surface area contributed by atoms with Crippen molar-refractivity contribution in [2.75, 3.05) is 11.9 Å². The molecule has 0 saturated carbocycles. The van der Waals surface area contributed by atoms with Gasteiger partial charge in [0.05, 0.1) is 17.7 Å². The molecule has 23 heavy (non-hydrogen) atoms. The number of hydrogen-bond acceptors (Lipinski definition) is 3. The van der Waals surface area contributed by atoms with Crippen molar-refractivity contribution < 1.29 is 31.5 Å². The molecular formula is C13H8F5N3O2. The highest BCUT2D eigenvalue weighted by Gasteiger charge is 2.51. The summed E-state index contributed by atoms with van der Waals surface area (Å²) in [6.45, 7) is 0. The molecule has 0 bridgehead atoms. The number of benzene rings is 1. The van der Waals surface area contributed by atoms with E-state index in [4.69, 9.17) is 5.26 Å². The molecule has 1 heterocycles. The minimum Gasteiger partial charge on any atom is -0.314 e. The third-order valence-corrected chi connectivity index (χ3v) is 3.35. The number of anilines is 1. The molecule has 0 aliphatic carbocycles. The summed E-state index contributed by atoms with van der Waals surface area (Å²) in [7, 11) is 0.803. The van der Waals surface area contributed by atoms with Crippen LogP contribution in [0.3, 0.4) is 0 Å². The predicted molar refractivity (Wildman–Crippen MR) is 66.2 cm³/mol. The highest BCUT2D eigenvalue weighted by molar-refractivity contribution is 6.16. The van der Waals surface area contributed by atoms with Crippen LogP contribution in [0, 0.1) is 23.0 Å². The average Bonchev–Trinajstić information content (AvgIpc) is 2.45. The van der Waals surface area contributed by atoms with Crippen LogP contribution < -0.4 is 4.90 Å². The third kappa shape index (κ3) is 2.81. The van der Waals surface area contributed by atoms with Crippen molar-refractivity contribution in [2.45, 2.75) is 18.6 Å². The van der Waals surface area contributed by atoms with Crippen LogP contribution in [0.1, 0.15) is 12.0 Å². The summed E-state index contributed by atoms with van der Waals surface area (Å²) in [5.74, 6) is -3.80. The zero-order valence-corrected chi connectivity index (χ0v) is 11.5. The fraction of sp³-hybridized carbons (Fsp3) is 0.308. The van der Waals surface area contributed by atoms with Gasteiger partial charge in [-0.05, 0) is 6.07 Å². The summed E-state index contributed by atoms with van der Waals surface area (Å²) in [5.41, 5.74) is -1.51. The third-order valence-electron chi connectivity index (χ3n) is 3.35. The number of hydrogen-bond donors (Lipinski definition) is 0. The maximum atomic E-state index is 13.9.